The van der Waals surface area contributed by atoms with Gasteiger partial charge in [-0.05, 0) is 35.4 Å². The zero-order chi connectivity index (χ0) is 16.1. The van der Waals surface area contributed by atoms with E-state index >= 15 is 0 Å². The molecule has 0 spiro atoms. The van der Waals surface area contributed by atoms with Crippen LogP contribution >= 0.6 is 8.46 Å². The average Bonchev–Trinajstić information content (AvgIpc) is 2.53. The maximum Gasteiger partial charge on any atom is 0.335 e. The second-order valence-corrected chi connectivity index (χ2v) is 5.45. The van der Waals surface area contributed by atoms with E-state index in [1.165, 1.54) is 24.3 Å². The van der Waals surface area contributed by atoms with Crippen LogP contribution in [0, 0.1) is 0 Å². The number of carboxylic acids is 2. The van der Waals surface area contributed by atoms with Crippen LogP contribution < -0.4 is 0 Å². The van der Waals surface area contributed by atoms with Crippen LogP contribution in [0.25, 0.3) is 0 Å². The van der Waals surface area contributed by atoms with E-state index in [2.05, 4.69) is 0 Å². The minimum absolute atomic E-state index is 0.165. The second kappa shape index (κ2) is 6.96. The van der Waals surface area contributed by atoms with E-state index in [-0.39, 0.29) is 17.0 Å². The van der Waals surface area contributed by atoms with Crippen LogP contribution in [-0.2, 0) is 4.57 Å². The van der Waals surface area contributed by atoms with Crippen LogP contribution in [0.1, 0.15) is 37.8 Å². The first-order valence-electron chi connectivity index (χ1n) is 6.54. The third kappa shape index (κ3) is 3.57. The SMILES string of the molecule is O=[PH+]CC(c1ccc(C(=O)O)cc1)c1ccc(C(=O)O)cc1. The molecule has 0 saturated heterocycles. The molecule has 0 aromatic heterocycles. The first-order chi connectivity index (χ1) is 10.5. The Hall–Kier alpha value is -2.52. The third-order valence-electron chi connectivity index (χ3n) is 3.41. The number of carbonyl (C=O) groups is 2. The molecule has 2 rings (SSSR count). The normalized spacial score (nSPS) is 10.8. The van der Waals surface area contributed by atoms with Crippen molar-refractivity contribution in [1.29, 1.82) is 0 Å². The molecule has 2 aromatic carbocycles. The summed E-state index contributed by atoms with van der Waals surface area (Å²) in [5.41, 5.74) is 2.06. The summed E-state index contributed by atoms with van der Waals surface area (Å²) in [6, 6.07) is 12.8. The van der Waals surface area contributed by atoms with Gasteiger partial charge in [-0.15, -0.1) is 0 Å². The Morgan fingerprint density at radius 1 is 0.818 bits per heavy atom. The molecule has 0 fully saturated rings. The molecule has 0 amide bonds. The smallest absolute Gasteiger partial charge is 0.335 e. The Morgan fingerprint density at radius 2 is 1.18 bits per heavy atom. The van der Waals surface area contributed by atoms with Gasteiger partial charge in [0, 0.05) is 0 Å². The molecular weight excluding hydrogens is 303 g/mol. The van der Waals surface area contributed by atoms with Gasteiger partial charge in [0.2, 0.25) is 0 Å². The zero-order valence-electron chi connectivity index (χ0n) is 11.5. The number of aromatic carboxylic acids is 2. The quantitative estimate of drug-likeness (QED) is 0.798. The largest absolute Gasteiger partial charge is 0.478 e. The zero-order valence-corrected chi connectivity index (χ0v) is 12.5. The van der Waals surface area contributed by atoms with Gasteiger partial charge in [0.1, 0.15) is 0 Å². The predicted molar refractivity (Wildman–Crippen MR) is 82.5 cm³/mol. The lowest BCUT2D eigenvalue weighted by Gasteiger charge is -2.13. The van der Waals surface area contributed by atoms with Gasteiger partial charge in [-0.25, -0.2) is 9.59 Å². The fourth-order valence-electron chi connectivity index (χ4n) is 2.23. The monoisotopic (exact) mass is 317 g/mol. The van der Waals surface area contributed by atoms with Crippen LogP contribution in [-0.4, -0.2) is 28.3 Å². The van der Waals surface area contributed by atoms with E-state index in [0.717, 1.165) is 11.1 Å². The lowest BCUT2D eigenvalue weighted by molar-refractivity contribution is 0.0686. The molecular formula is C16H14O5P+. The summed E-state index contributed by atoms with van der Waals surface area (Å²) in [4.78, 5) is 21.7. The molecule has 22 heavy (non-hydrogen) atoms. The topological polar surface area (TPSA) is 91.7 Å². The highest BCUT2D eigenvalue weighted by Crippen LogP contribution is 2.28. The number of hydrogen-bond donors (Lipinski definition) is 2. The maximum atomic E-state index is 11.1. The van der Waals surface area contributed by atoms with E-state index in [0.29, 0.717) is 6.16 Å². The van der Waals surface area contributed by atoms with Crippen molar-refractivity contribution in [3.8, 4) is 0 Å². The molecule has 1 unspecified atom stereocenters. The Bertz CT molecular complexity index is 634. The molecule has 0 aliphatic carbocycles. The van der Waals surface area contributed by atoms with Crippen LogP contribution in [0.5, 0.6) is 0 Å². The number of benzene rings is 2. The van der Waals surface area contributed by atoms with Crippen molar-refractivity contribution in [2.24, 2.45) is 0 Å². The Balaban J connectivity index is 2.34. The standard InChI is InChI=1S/C16H13O5P/c17-15(18)12-5-1-10(2-6-12)14(9-22-21)11-3-7-13(8-4-11)16(19)20/h1-8,14H,9H2,(H,17,18)(H,19,20)/p+1. The van der Waals surface area contributed by atoms with Crippen LogP contribution in [0.4, 0.5) is 0 Å². The van der Waals surface area contributed by atoms with E-state index in [9.17, 15) is 14.2 Å². The lowest BCUT2D eigenvalue weighted by atomic mass is 9.91. The highest BCUT2D eigenvalue weighted by molar-refractivity contribution is 7.23. The summed E-state index contributed by atoms with van der Waals surface area (Å²) in [6.45, 7) is 0. The van der Waals surface area contributed by atoms with Gasteiger partial charge in [0.15, 0.2) is 6.16 Å². The molecule has 0 aliphatic rings. The molecule has 1 atom stereocenters. The van der Waals surface area contributed by atoms with E-state index in [4.69, 9.17) is 10.2 Å². The minimum Gasteiger partial charge on any atom is -0.478 e. The molecule has 0 aliphatic heterocycles. The number of hydrogen-bond acceptors (Lipinski definition) is 3. The molecule has 0 bridgehead atoms. The molecule has 2 aromatic rings. The fourth-order valence-corrected chi connectivity index (χ4v) is 2.87. The van der Waals surface area contributed by atoms with Gasteiger partial charge in [-0.3, -0.25) is 0 Å². The maximum absolute atomic E-state index is 11.1. The van der Waals surface area contributed by atoms with Crippen molar-refractivity contribution in [2.75, 3.05) is 6.16 Å². The van der Waals surface area contributed by atoms with Gasteiger partial charge >= 0.3 is 20.4 Å². The van der Waals surface area contributed by atoms with Crippen molar-refractivity contribution < 1.29 is 24.4 Å². The van der Waals surface area contributed by atoms with Crippen molar-refractivity contribution >= 4 is 20.4 Å². The van der Waals surface area contributed by atoms with Gasteiger partial charge in [0.25, 0.3) is 0 Å². The molecule has 2 N–H and O–H groups in total. The molecule has 112 valence electrons. The van der Waals surface area contributed by atoms with Crippen molar-refractivity contribution in [3.05, 3.63) is 70.8 Å². The van der Waals surface area contributed by atoms with Crippen LogP contribution in [0.15, 0.2) is 48.5 Å². The first-order valence-corrected chi connectivity index (χ1v) is 7.66. The molecule has 0 heterocycles. The van der Waals surface area contributed by atoms with E-state index in [1.807, 2.05) is 0 Å². The second-order valence-electron chi connectivity index (χ2n) is 4.76. The van der Waals surface area contributed by atoms with Crippen LogP contribution in [0.2, 0.25) is 0 Å². The summed E-state index contributed by atoms with van der Waals surface area (Å²) in [6.07, 6.45) is 0.388. The van der Waals surface area contributed by atoms with E-state index in [1.54, 1.807) is 24.3 Å². The fraction of sp³-hybridized carbons (Fsp3) is 0.125. The van der Waals surface area contributed by atoms with Crippen LogP contribution in [0.3, 0.4) is 0 Å². The molecule has 5 nitrogen and oxygen atoms in total. The summed E-state index contributed by atoms with van der Waals surface area (Å²) >= 11 is 0. The summed E-state index contributed by atoms with van der Waals surface area (Å²) < 4.78 is 11.1. The third-order valence-corrected chi connectivity index (χ3v) is 3.98. The highest BCUT2D eigenvalue weighted by Gasteiger charge is 2.19. The van der Waals surface area contributed by atoms with Gasteiger partial charge < -0.3 is 10.2 Å². The van der Waals surface area contributed by atoms with Crippen molar-refractivity contribution in [3.63, 3.8) is 0 Å². The minimum atomic E-state index is -1.00. The Morgan fingerprint density at radius 3 is 1.45 bits per heavy atom. The average molecular weight is 317 g/mol. The molecule has 0 saturated carbocycles. The first kappa shape index (κ1) is 15.9. The molecule has 6 heteroatoms. The Kier molecular flexibility index (Phi) is 5.02. The van der Waals surface area contributed by atoms with Gasteiger partial charge in [0.05, 0.1) is 17.0 Å². The summed E-state index contributed by atoms with van der Waals surface area (Å²) in [5.74, 6) is -2.17. The molecule has 0 radical (unpaired) electrons. The van der Waals surface area contributed by atoms with E-state index < -0.39 is 20.4 Å². The Labute approximate surface area is 128 Å². The van der Waals surface area contributed by atoms with Gasteiger partial charge in [-0.2, -0.15) is 0 Å². The summed E-state index contributed by atoms with van der Waals surface area (Å²) in [7, 11) is -0.508. The lowest BCUT2D eigenvalue weighted by Crippen LogP contribution is -2.05. The van der Waals surface area contributed by atoms with Crippen molar-refractivity contribution in [1.82, 2.24) is 0 Å². The van der Waals surface area contributed by atoms with Crippen molar-refractivity contribution in [2.45, 2.75) is 5.92 Å². The predicted octanol–water partition coefficient (Wildman–Crippen LogP) is 3.24. The highest BCUT2D eigenvalue weighted by atomic mass is 31.1. The number of rotatable bonds is 6. The number of carboxylic acid groups (broad SMARTS) is 2. The summed E-state index contributed by atoms with van der Waals surface area (Å²) in [5, 5.41) is 17.8. The van der Waals surface area contributed by atoms with Gasteiger partial charge in [-0.1, -0.05) is 28.8 Å².